The third-order valence-corrected chi connectivity index (χ3v) is 7.31. The number of aromatic nitrogens is 4. The number of carbonyl (C=O) groups is 1. The van der Waals surface area contributed by atoms with Crippen molar-refractivity contribution >= 4 is 61.4 Å². The molecule has 1 aliphatic carbocycles. The van der Waals surface area contributed by atoms with E-state index < -0.39 is 0 Å². The maximum absolute atomic E-state index is 12.1. The predicted octanol–water partition coefficient (Wildman–Crippen LogP) is 4.61. The van der Waals surface area contributed by atoms with Crippen molar-refractivity contribution in [2.24, 2.45) is 0 Å². The lowest BCUT2D eigenvalue weighted by molar-refractivity contribution is -0.118. The number of thioether (sulfide) groups is 1. The summed E-state index contributed by atoms with van der Waals surface area (Å²) >= 11 is 7.88. The molecule has 0 radical (unpaired) electrons. The first-order valence-electron chi connectivity index (χ1n) is 8.00. The average Bonchev–Trinajstić information content (AvgIpc) is 3.03. The molecule has 136 valence electrons. The number of halogens is 1. The van der Waals surface area contributed by atoms with Gasteiger partial charge in [0.2, 0.25) is 16.9 Å². The Morgan fingerprint density at radius 2 is 2.15 bits per heavy atom. The van der Waals surface area contributed by atoms with Gasteiger partial charge in [0.25, 0.3) is 5.89 Å². The van der Waals surface area contributed by atoms with Gasteiger partial charge in [-0.25, -0.2) is 0 Å². The Balaban J connectivity index is 1.40. The molecular formula is C15H14BrN5O2S3. The van der Waals surface area contributed by atoms with E-state index in [1.165, 1.54) is 23.1 Å². The molecule has 7 nitrogen and oxygen atoms in total. The summed E-state index contributed by atoms with van der Waals surface area (Å²) in [4.78, 5) is 14.9. The van der Waals surface area contributed by atoms with E-state index in [1.807, 2.05) is 19.1 Å². The van der Waals surface area contributed by atoms with Crippen LogP contribution in [-0.4, -0.2) is 32.3 Å². The van der Waals surface area contributed by atoms with Crippen LogP contribution in [0, 0.1) is 0 Å². The molecule has 0 saturated heterocycles. The molecule has 1 amide bonds. The van der Waals surface area contributed by atoms with Crippen molar-refractivity contribution in [3.05, 3.63) is 21.8 Å². The quantitative estimate of drug-likeness (QED) is 0.367. The molecule has 3 aromatic rings. The summed E-state index contributed by atoms with van der Waals surface area (Å²) in [6, 6.07) is 4.18. The lowest BCUT2D eigenvalue weighted by Gasteiger charge is -2.17. The highest BCUT2D eigenvalue weighted by Crippen LogP contribution is 2.37. The van der Waals surface area contributed by atoms with Gasteiger partial charge in [-0.15, -0.1) is 31.7 Å². The standard InChI is InChI=1S/C15H14BrN5O2S3/c1-2-12(22)21(8-3-4-8)14-19-20-15(26-14)24-7-11-17-18-13(23-11)9-5-6-10(16)25-9/h5-6,8H,2-4,7H2,1H3. The molecule has 0 bridgehead atoms. The number of nitrogens with zero attached hydrogens (tertiary/aromatic N) is 5. The highest BCUT2D eigenvalue weighted by atomic mass is 79.9. The van der Waals surface area contributed by atoms with Crippen molar-refractivity contribution in [1.29, 1.82) is 0 Å². The van der Waals surface area contributed by atoms with E-state index in [0.29, 0.717) is 29.1 Å². The second-order valence-corrected chi connectivity index (χ2v) is 10.2. The second-order valence-electron chi connectivity index (χ2n) is 5.59. The summed E-state index contributed by atoms with van der Waals surface area (Å²) in [6.45, 7) is 1.87. The molecular weight excluding hydrogens is 458 g/mol. The second kappa shape index (κ2) is 7.75. The van der Waals surface area contributed by atoms with E-state index in [-0.39, 0.29) is 11.9 Å². The van der Waals surface area contributed by atoms with Crippen LogP contribution in [0.3, 0.4) is 0 Å². The third kappa shape index (κ3) is 4.00. The van der Waals surface area contributed by atoms with Gasteiger partial charge in [-0.1, -0.05) is 30.0 Å². The van der Waals surface area contributed by atoms with Crippen LogP contribution < -0.4 is 4.90 Å². The molecule has 0 atom stereocenters. The number of amides is 1. The molecule has 0 aromatic carbocycles. The van der Waals surface area contributed by atoms with Crippen molar-refractivity contribution in [2.75, 3.05) is 4.90 Å². The Kier molecular flexibility index (Phi) is 5.39. The van der Waals surface area contributed by atoms with Gasteiger partial charge in [0.15, 0.2) is 4.34 Å². The lowest BCUT2D eigenvalue weighted by Crippen LogP contribution is -2.32. The summed E-state index contributed by atoms with van der Waals surface area (Å²) < 4.78 is 7.51. The minimum absolute atomic E-state index is 0.101. The zero-order valence-corrected chi connectivity index (χ0v) is 17.8. The van der Waals surface area contributed by atoms with Crippen LogP contribution in [0.1, 0.15) is 32.1 Å². The fourth-order valence-electron chi connectivity index (χ4n) is 2.29. The van der Waals surface area contributed by atoms with E-state index in [9.17, 15) is 4.79 Å². The zero-order chi connectivity index (χ0) is 18.1. The number of carbonyl (C=O) groups excluding carboxylic acids is 1. The fraction of sp³-hybridized carbons (Fsp3) is 0.400. The first kappa shape index (κ1) is 18.1. The molecule has 26 heavy (non-hydrogen) atoms. The molecule has 1 saturated carbocycles. The molecule has 0 N–H and O–H groups in total. The Labute approximate surface area is 170 Å². The smallest absolute Gasteiger partial charge is 0.257 e. The van der Waals surface area contributed by atoms with Crippen LogP contribution in [0.5, 0.6) is 0 Å². The first-order chi connectivity index (χ1) is 12.6. The van der Waals surface area contributed by atoms with E-state index in [2.05, 4.69) is 36.3 Å². The van der Waals surface area contributed by atoms with E-state index in [1.54, 1.807) is 16.2 Å². The van der Waals surface area contributed by atoms with Gasteiger partial charge < -0.3 is 4.42 Å². The number of thiophene rings is 1. The highest BCUT2D eigenvalue weighted by molar-refractivity contribution is 9.11. The van der Waals surface area contributed by atoms with Crippen LogP contribution in [0.2, 0.25) is 0 Å². The monoisotopic (exact) mass is 471 g/mol. The molecule has 0 unspecified atom stereocenters. The normalized spacial score (nSPS) is 13.9. The Morgan fingerprint density at radius 3 is 2.85 bits per heavy atom. The molecule has 1 fully saturated rings. The van der Waals surface area contributed by atoms with Gasteiger partial charge in [0.05, 0.1) is 14.4 Å². The maximum Gasteiger partial charge on any atom is 0.257 e. The van der Waals surface area contributed by atoms with Crippen molar-refractivity contribution < 1.29 is 9.21 Å². The van der Waals surface area contributed by atoms with Gasteiger partial charge in [-0.2, -0.15) is 0 Å². The van der Waals surface area contributed by atoms with Gasteiger partial charge >= 0.3 is 0 Å². The number of rotatable bonds is 7. The van der Waals surface area contributed by atoms with Crippen molar-refractivity contribution in [2.45, 2.75) is 42.3 Å². The number of anilines is 1. The SMILES string of the molecule is CCC(=O)N(c1nnc(SCc2nnc(-c3ccc(Br)s3)o2)s1)C1CC1. The van der Waals surface area contributed by atoms with E-state index >= 15 is 0 Å². The molecule has 3 heterocycles. The summed E-state index contributed by atoms with van der Waals surface area (Å²) in [5.74, 6) is 1.67. The van der Waals surface area contributed by atoms with Crippen LogP contribution in [0.25, 0.3) is 10.8 Å². The van der Waals surface area contributed by atoms with Crippen LogP contribution in [0.15, 0.2) is 24.7 Å². The Hall–Kier alpha value is -1.30. The first-order valence-corrected chi connectivity index (χ1v) is 11.4. The van der Waals surface area contributed by atoms with Gasteiger partial charge in [-0.3, -0.25) is 9.69 Å². The maximum atomic E-state index is 12.1. The molecule has 11 heteroatoms. The van der Waals surface area contributed by atoms with Crippen LogP contribution >= 0.6 is 50.4 Å². The summed E-state index contributed by atoms with van der Waals surface area (Å²) in [5, 5.41) is 17.2. The average molecular weight is 472 g/mol. The molecule has 1 aliphatic rings. The lowest BCUT2D eigenvalue weighted by atomic mass is 10.4. The molecule has 0 spiro atoms. The minimum atomic E-state index is 0.101. The van der Waals surface area contributed by atoms with Crippen LogP contribution in [-0.2, 0) is 10.5 Å². The molecule has 4 rings (SSSR count). The predicted molar refractivity (Wildman–Crippen MR) is 106 cm³/mol. The van der Waals surface area contributed by atoms with Crippen molar-refractivity contribution in [3.63, 3.8) is 0 Å². The van der Waals surface area contributed by atoms with E-state index in [0.717, 1.165) is 25.8 Å². The fourth-order valence-corrected chi connectivity index (χ4v) is 5.37. The Bertz CT molecular complexity index is 920. The zero-order valence-electron chi connectivity index (χ0n) is 13.7. The highest BCUT2D eigenvalue weighted by Gasteiger charge is 2.35. The summed E-state index contributed by atoms with van der Waals surface area (Å²) in [7, 11) is 0. The summed E-state index contributed by atoms with van der Waals surface area (Å²) in [5.41, 5.74) is 0. The Morgan fingerprint density at radius 1 is 1.31 bits per heavy atom. The van der Waals surface area contributed by atoms with Crippen LogP contribution in [0.4, 0.5) is 5.13 Å². The number of hydrogen-bond acceptors (Lipinski definition) is 9. The summed E-state index contributed by atoms with van der Waals surface area (Å²) in [6.07, 6.45) is 2.55. The molecule has 3 aromatic heterocycles. The number of hydrogen-bond donors (Lipinski definition) is 0. The van der Waals surface area contributed by atoms with Gasteiger partial charge in [0, 0.05) is 12.5 Å². The topological polar surface area (TPSA) is 85.0 Å². The van der Waals surface area contributed by atoms with E-state index in [4.69, 9.17) is 4.42 Å². The van der Waals surface area contributed by atoms with Gasteiger partial charge in [-0.05, 0) is 40.9 Å². The van der Waals surface area contributed by atoms with Gasteiger partial charge in [0.1, 0.15) is 0 Å². The van der Waals surface area contributed by atoms with Crippen molar-refractivity contribution in [3.8, 4) is 10.8 Å². The largest absolute Gasteiger partial charge is 0.419 e. The molecule has 0 aliphatic heterocycles. The minimum Gasteiger partial charge on any atom is -0.419 e. The van der Waals surface area contributed by atoms with Crippen molar-refractivity contribution in [1.82, 2.24) is 20.4 Å². The third-order valence-electron chi connectivity index (χ3n) is 3.65.